The molecular formula is C14H18ClN3O3. The highest BCUT2D eigenvalue weighted by Gasteiger charge is 2.21. The van der Waals surface area contributed by atoms with Gasteiger partial charge in [0.25, 0.3) is 11.6 Å². The smallest absolute Gasteiger partial charge is 0.288 e. The van der Waals surface area contributed by atoms with Gasteiger partial charge in [0.1, 0.15) is 5.02 Å². The van der Waals surface area contributed by atoms with E-state index < -0.39 is 4.92 Å². The number of nitro benzene ring substituents is 1. The summed E-state index contributed by atoms with van der Waals surface area (Å²) in [6, 6.07) is 4.25. The summed E-state index contributed by atoms with van der Waals surface area (Å²) in [5.74, 6) is 0.0882. The molecule has 0 bridgehead atoms. The fraction of sp³-hybridized carbons (Fsp3) is 0.500. The monoisotopic (exact) mass is 311 g/mol. The molecule has 0 radical (unpaired) electrons. The number of rotatable bonds is 4. The zero-order valence-electron chi connectivity index (χ0n) is 11.8. The average Bonchev–Trinajstić information content (AvgIpc) is 2.46. The van der Waals surface area contributed by atoms with Crippen molar-refractivity contribution < 1.29 is 9.72 Å². The Bertz CT molecular complexity index is 542. The molecular weight excluding hydrogens is 294 g/mol. The molecule has 7 heteroatoms. The van der Waals surface area contributed by atoms with Gasteiger partial charge < -0.3 is 10.2 Å². The molecule has 1 fully saturated rings. The standard InChI is InChI=1S/C14H18ClN3O3/c1-17-7-5-10(6-8-17)9-16-14(19)11-3-2-4-12(13(11)15)18(20)21/h2-4,10H,5-9H2,1H3,(H,16,19). The van der Waals surface area contributed by atoms with Gasteiger partial charge in [-0.25, -0.2) is 0 Å². The summed E-state index contributed by atoms with van der Waals surface area (Å²) in [6.07, 6.45) is 2.08. The lowest BCUT2D eigenvalue weighted by Crippen LogP contribution is -2.36. The lowest BCUT2D eigenvalue weighted by molar-refractivity contribution is -0.384. The van der Waals surface area contributed by atoms with Crippen LogP contribution in [0.15, 0.2) is 18.2 Å². The van der Waals surface area contributed by atoms with E-state index in [4.69, 9.17) is 11.6 Å². The van der Waals surface area contributed by atoms with Crippen LogP contribution in [0.4, 0.5) is 5.69 Å². The van der Waals surface area contributed by atoms with Gasteiger partial charge in [0, 0.05) is 12.6 Å². The number of likely N-dealkylation sites (tertiary alicyclic amines) is 1. The minimum atomic E-state index is -0.587. The second-order valence-electron chi connectivity index (χ2n) is 5.35. The molecule has 114 valence electrons. The van der Waals surface area contributed by atoms with E-state index in [1.54, 1.807) is 0 Å². The first-order valence-corrected chi connectivity index (χ1v) is 7.26. The van der Waals surface area contributed by atoms with E-state index in [9.17, 15) is 14.9 Å². The lowest BCUT2D eigenvalue weighted by atomic mass is 9.97. The van der Waals surface area contributed by atoms with Gasteiger partial charge in [0.2, 0.25) is 0 Å². The SMILES string of the molecule is CN1CCC(CNC(=O)c2cccc([N+](=O)[O-])c2Cl)CC1. The van der Waals surface area contributed by atoms with E-state index >= 15 is 0 Å². The number of halogens is 1. The highest BCUT2D eigenvalue weighted by molar-refractivity contribution is 6.35. The second-order valence-corrected chi connectivity index (χ2v) is 5.73. The first kappa shape index (κ1) is 15.7. The predicted molar refractivity (Wildman–Crippen MR) is 80.7 cm³/mol. The third-order valence-corrected chi connectivity index (χ3v) is 4.21. The zero-order valence-corrected chi connectivity index (χ0v) is 12.6. The Hall–Kier alpha value is -1.66. The number of carbonyl (C=O) groups is 1. The molecule has 1 heterocycles. The maximum absolute atomic E-state index is 12.1. The molecule has 1 aromatic carbocycles. The summed E-state index contributed by atoms with van der Waals surface area (Å²) in [4.78, 5) is 24.6. The summed E-state index contributed by atoms with van der Waals surface area (Å²) in [7, 11) is 2.08. The quantitative estimate of drug-likeness (QED) is 0.684. The Balaban J connectivity index is 1.97. The van der Waals surface area contributed by atoms with Crippen molar-refractivity contribution in [1.82, 2.24) is 10.2 Å². The molecule has 0 unspecified atom stereocenters. The zero-order chi connectivity index (χ0) is 15.4. The Labute approximate surface area is 128 Å². The third-order valence-electron chi connectivity index (χ3n) is 3.81. The van der Waals surface area contributed by atoms with Crippen molar-refractivity contribution in [3.05, 3.63) is 38.9 Å². The number of hydrogen-bond donors (Lipinski definition) is 1. The first-order valence-electron chi connectivity index (χ1n) is 6.88. The first-order chi connectivity index (χ1) is 9.99. The van der Waals surface area contributed by atoms with Crippen LogP contribution in [0.2, 0.25) is 5.02 Å². The molecule has 1 amide bonds. The summed E-state index contributed by atoms with van der Waals surface area (Å²) in [5.41, 5.74) is -0.0950. The number of amides is 1. The molecule has 2 rings (SSSR count). The second kappa shape index (κ2) is 6.87. The van der Waals surface area contributed by atoms with E-state index in [1.807, 2.05) is 0 Å². The van der Waals surface area contributed by atoms with Crippen LogP contribution in [-0.2, 0) is 0 Å². The Morgan fingerprint density at radius 2 is 2.14 bits per heavy atom. The maximum atomic E-state index is 12.1. The Morgan fingerprint density at radius 1 is 1.48 bits per heavy atom. The van der Waals surface area contributed by atoms with Crippen LogP contribution in [0.3, 0.4) is 0 Å². The molecule has 0 atom stereocenters. The molecule has 0 spiro atoms. The van der Waals surface area contributed by atoms with Gasteiger partial charge in [-0.3, -0.25) is 14.9 Å². The Morgan fingerprint density at radius 3 is 2.76 bits per heavy atom. The van der Waals surface area contributed by atoms with Crippen molar-refractivity contribution >= 4 is 23.2 Å². The minimum Gasteiger partial charge on any atom is -0.352 e. The molecule has 0 aliphatic carbocycles. The molecule has 1 aliphatic rings. The molecule has 1 aliphatic heterocycles. The Kier molecular flexibility index (Phi) is 5.14. The maximum Gasteiger partial charge on any atom is 0.288 e. The number of nitro groups is 1. The molecule has 1 N–H and O–H groups in total. The predicted octanol–water partition coefficient (Wildman–Crippen LogP) is 2.32. The number of hydrogen-bond acceptors (Lipinski definition) is 4. The van der Waals surface area contributed by atoms with Crippen molar-refractivity contribution in [2.24, 2.45) is 5.92 Å². The number of carbonyl (C=O) groups excluding carboxylic acids is 1. The van der Waals surface area contributed by atoms with Gasteiger partial charge in [-0.05, 0) is 45.0 Å². The number of benzene rings is 1. The third kappa shape index (κ3) is 3.92. The normalized spacial score (nSPS) is 16.7. The van der Waals surface area contributed by atoms with Crippen LogP contribution in [0, 0.1) is 16.0 Å². The van der Waals surface area contributed by atoms with E-state index in [0.717, 1.165) is 25.9 Å². The van der Waals surface area contributed by atoms with E-state index in [2.05, 4.69) is 17.3 Å². The highest BCUT2D eigenvalue weighted by atomic mass is 35.5. The fourth-order valence-electron chi connectivity index (χ4n) is 2.43. The average molecular weight is 312 g/mol. The largest absolute Gasteiger partial charge is 0.352 e. The van der Waals surface area contributed by atoms with Crippen LogP contribution in [-0.4, -0.2) is 42.4 Å². The van der Waals surface area contributed by atoms with Crippen molar-refractivity contribution in [3.63, 3.8) is 0 Å². The fourth-order valence-corrected chi connectivity index (χ4v) is 2.72. The van der Waals surface area contributed by atoms with Crippen molar-refractivity contribution in [2.45, 2.75) is 12.8 Å². The highest BCUT2D eigenvalue weighted by Crippen LogP contribution is 2.27. The van der Waals surface area contributed by atoms with Crippen molar-refractivity contribution in [1.29, 1.82) is 0 Å². The van der Waals surface area contributed by atoms with Crippen LogP contribution in [0.25, 0.3) is 0 Å². The van der Waals surface area contributed by atoms with Gasteiger partial charge in [0.05, 0.1) is 10.5 Å². The van der Waals surface area contributed by atoms with Gasteiger partial charge in [0.15, 0.2) is 0 Å². The number of piperidine rings is 1. The topological polar surface area (TPSA) is 75.5 Å². The van der Waals surface area contributed by atoms with Crippen molar-refractivity contribution in [3.8, 4) is 0 Å². The van der Waals surface area contributed by atoms with Crippen LogP contribution in [0.1, 0.15) is 23.2 Å². The lowest BCUT2D eigenvalue weighted by Gasteiger charge is -2.28. The molecule has 1 aromatic rings. The van der Waals surface area contributed by atoms with Crippen LogP contribution >= 0.6 is 11.6 Å². The van der Waals surface area contributed by atoms with Crippen molar-refractivity contribution in [2.75, 3.05) is 26.7 Å². The number of nitrogens with zero attached hydrogens (tertiary/aromatic N) is 2. The van der Waals surface area contributed by atoms with Crippen LogP contribution in [0.5, 0.6) is 0 Å². The summed E-state index contributed by atoms with van der Waals surface area (Å²) < 4.78 is 0. The molecule has 0 saturated carbocycles. The van der Waals surface area contributed by atoms with E-state index in [0.29, 0.717) is 12.5 Å². The molecule has 1 saturated heterocycles. The summed E-state index contributed by atoms with van der Waals surface area (Å²) in [5, 5.41) is 13.5. The van der Waals surface area contributed by atoms with Gasteiger partial charge >= 0.3 is 0 Å². The minimum absolute atomic E-state index is 0.108. The summed E-state index contributed by atoms with van der Waals surface area (Å²) in [6.45, 7) is 2.63. The molecule has 6 nitrogen and oxygen atoms in total. The van der Waals surface area contributed by atoms with Crippen LogP contribution < -0.4 is 5.32 Å². The van der Waals surface area contributed by atoms with Gasteiger partial charge in [-0.15, -0.1) is 0 Å². The van der Waals surface area contributed by atoms with Gasteiger partial charge in [-0.2, -0.15) is 0 Å². The molecule has 21 heavy (non-hydrogen) atoms. The van der Waals surface area contributed by atoms with Gasteiger partial charge in [-0.1, -0.05) is 17.7 Å². The summed E-state index contributed by atoms with van der Waals surface area (Å²) >= 11 is 5.93. The van der Waals surface area contributed by atoms with E-state index in [-0.39, 0.29) is 22.2 Å². The van der Waals surface area contributed by atoms with E-state index in [1.165, 1.54) is 18.2 Å². The number of nitrogens with one attached hydrogen (secondary N) is 1. The molecule has 0 aromatic heterocycles.